The van der Waals surface area contributed by atoms with Gasteiger partial charge >= 0.3 is 5.69 Å². The number of nitrogens with two attached hydrogens (primary N) is 1. The standard InChI is InChI=1S/C13H19N5O3/c1-2-15-11-6-5-10(18(20)21)13(16-11)17-7-3-4-9(8-17)12(14)19/h5-6,9H,2-4,7-8H2,1H3,(H2,14,19)(H,15,16). The molecule has 1 aromatic rings. The lowest BCUT2D eigenvalue weighted by Gasteiger charge is -2.31. The van der Waals surface area contributed by atoms with Gasteiger partial charge in [0.2, 0.25) is 11.7 Å². The van der Waals surface area contributed by atoms with E-state index >= 15 is 0 Å². The second-order valence-electron chi connectivity index (χ2n) is 5.01. The van der Waals surface area contributed by atoms with Gasteiger partial charge in [-0.2, -0.15) is 0 Å². The van der Waals surface area contributed by atoms with Crippen LogP contribution in [0.2, 0.25) is 0 Å². The van der Waals surface area contributed by atoms with E-state index in [1.807, 2.05) is 6.92 Å². The topological polar surface area (TPSA) is 114 Å². The average molecular weight is 293 g/mol. The predicted octanol–water partition coefficient (Wildman–Crippen LogP) is 1.12. The Bertz CT molecular complexity index is 549. The number of nitrogens with zero attached hydrogens (tertiary/aromatic N) is 3. The Morgan fingerprint density at radius 1 is 1.62 bits per heavy atom. The Hall–Kier alpha value is -2.38. The number of nitro groups is 1. The fourth-order valence-corrected chi connectivity index (χ4v) is 2.50. The van der Waals surface area contributed by atoms with Crippen molar-refractivity contribution in [2.24, 2.45) is 11.7 Å². The van der Waals surface area contributed by atoms with Crippen LogP contribution in [0.4, 0.5) is 17.3 Å². The molecule has 1 atom stereocenters. The van der Waals surface area contributed by atoms with Crippen molar-refractivity contribution >= 4 is 23.2 Å². The van der Waals surface area contributed by atoms with E-state index in [-0.39, 0.29) is 17.5 Å². The summed E-state index contributed by atoms with van der Waals surface area (Å²) in [5, 5.41) is 14.2. The SMILES string of the molecule is CCNc1ccc([N+](=O)[O-])c(N2CCCC(C(N)=O)C2)n1. The molecule has 8 nitrogen and oxygen atoms in total. The highest BCUT2D eigenvalue weighted by atomic mass is 16.6. The van der Waals surface area contributed by atoms with Crippen LogP contribution < -0.4 is 16.0 Å². The maximum atomic E-state index is 11.3. The molecule has 2 rings (SSSR count). The molecule has 2 heterocycles. The zero-order valence-corrected chi connectivity index (χ0v) is 11.9. The summed E-state index contributed by atoms with van der Waals surface area (Å²) in [6.07, 6.45) is 1.48. The van der Waals surface area contributed by atoms with Crippen molar-refractivity contribution in [3.05, 3.63) is 22.2 Å². The Morgan fingerprint density at radius 3 is 3.00 bits per heavy atom. The number of piperidine rings is 1. The zero-order valence-electron chi connectivity index (χ0n) is 11.9. The fourth-order valence-electron chi connectivity index (χ4n) is 2.50. The van der Waals surface area contributed by atoms with E-state index in [2.05, 4.69) is 10.3 Å². The molecule has 0 bridgehead atoms. The maximum Gasteiger partial charge on any atom is 0.311 e. The molecule has 1 aliphatic rings. The summed E-state index contributed by atoms with van der Waals surface area (Å²) in [5.74, 6) is 0.219. The first kappa shape index (κ1) is 15.0. The molecule has 1 fully saturated rings. The molecule has 0 saturated carbocycles. The highest BCUT2D eigenvalue weighted by Gasteiger charge is 2.29. The van der Waals surface area contributed by atoms with Crippen molar-refractivity contribution in [2.75, 3.05) is 29.9 Å². The number of aromatic nitrogens is 1. The molecule has 3 N–H and O–H groups in total. The van der Waals surface area contributed by atoms with Crippen LogP contribution in [-0.2, 0) is 4.79 Å². The van der Waals surface area contributed by atoms with Crippen molar-refractivity contribution in [3.8, 4) is 0 Å². The second-order valence-corrected chi connectivity index (χ2v) is 5.01. The lowest BCUT2D eigenvalue weighted by Crippen LogP contribution is -2.41. The predicted molar refractivity (Wildman–Crippen MR) is 79.2 cm³/mol. The van der Waals surface area contributed by atoms with Gasteiger partial charge in [0.1, 0.15) is 5.82 Å². The van der Waals surface area contributed by atoms with Crippen molar-refractivity contribution in [1.29, 1.82) is 0 Å². The number of amides is 1. The molecular weight excluding hydrogens is 274 g/mol. The Balaban J connectivity index is 2.33. The van der Waals surface area contributed by atoms with Gasteiger partial charge in [-0.1, -0.05) is 0 Å². The minimum atomic E-state index is -0.452. The van der Waals surface area contributed by atoms with Crippen LogP contribution >= 0.6 is 0 Å². The first-order chi connectivity index (χ1) is 10.0. The summed E-state index contributed by atoms with van der Waals surface area (Å²) in [4.78, 5) is 28.2. The van der Waals surface area contributed by atoms with E-state index in [9.17, 15) is 14.9 Å². The molecule has 1 aromatic heterocycles. The molecule has 1 amide bonds. The summed E-state index contributed by atoms with van der Waals surface area (Å²) in [6.45, 7) is 3.60. The van der Waals surface area contributed by atoms with Crippen LogP contribution in [0.1, 0.15) is 19.8 Å². The number of primary amides is 1. The molecule has 21 heavy (non-hydrogen) atoms. The van der Waals surface area contributed by atoms with E-state index < -0.39 is 4.92 Å². The number of pyridine rings is 1. The monoisotopic (exact) mass is 293 g/mol. The number of nitrogens with one attached hydrogen (secondary N) is 1. The highest BCUT2D eigenvalue weighted by Crippen LogP contribution is 2.31. The van der Waals surface area contributed by atoms with Crippen molar-refractivity contribution in [1.82, 2.24) is 4.98 Å². The Kier molecular flexibility index (Phi) is 4.56. The van der Waals surface area contributed by atoms with Gasteiger partial charge < -0.3 is 16.0 Å². The maximum absolute atomic E-state index is 11.3. The van der Waals surface area contributed by atoms with E-state index in [0.29, 0.717) is 37.7 Å². The normalized spacial score (nSPS) is 18.3. The minimum absolute atomic E-state index is 0.0539. The third kappa shape index (κ3) is 3.39. The van der Waals surface area contributed by atoms with Crippen LogP contribution in [-0.4, -0.2) is 35.4 Å². The van der Waals surface area contributed by atoms with E-state index in [1.165, 1.54) is 6.07 Å². The number of carbonyl (C=O) groups is 1. The Morgan fingerprint density at radius 2 is 2.38 bits per heavy atom. The third-order valence-electron chi connectivity index (χ3n) is 3.53. The van der Waals surface area contributed by atoms with Gasteiger partial charge in [-0.05, 0) is 25.8 Å². The molecule has 1 aliphatic heterocycles. The first-order valence-electron chi connectivity index (χ1n) is 6.96. The summed E-state index contributed by atoms with van der Waals surface area (Å²) >= 11 is 0. The smallest absolute Gasteiger partial charge is 0.311 e. The average Bonchev–Trinajstić information content (AvgIpc) is 2.47. The molecule has 0 aliphatic carbocycles. The number of hydrogen-bond donors (Lipinski definition) is 2. The van der Waals surface area contributed by atoms with Gasteiger partial charge in [-0.15, -0.1) is 0 Å². The molecular formula is C13H19N5O3. The van der Waals surface area contributed by atoms with E-state index in [4.69, 9.17) is 5.73 Å². The van der Waals surface area contributed by atoms with Gasteiger partial charge in [0, 0.05) is 25.7 Å². The van der Waals surface area contributed by atoms with E-state index in [0.717, 1.165) is 6.42 Å². The van der Waals surface area contributed by atoms with Crippen LogP contribution in [0, 0.1) is 16.0 Å². The molecule has 1 unspecified atom stereocenters. The number of hydrogen-bond acceptors (Lipinski definition) is 6. The van der Waals surface area contributed by atoms with Gasteiger partial charge in [-0.3, -0.25) is 14.9 Å². The van der Waals surface area contributed by atoms with Crippen LogP contribution in [0.25, 0.3) is 0 Å². The zero-order chi connectivity index (χ0) is 15.4. The second kappa shape index (κ2) is 6.38. The van der Waals surface area contributed by atoms with Crippen molar-refractivity contribution < 1.29 is 9.72 Å². The molecule has 0 spiro atoms. The lowest BCUT2D eigenvalue weighted by atomic mass is 9.97. The largest absolute Gasteiger partial charge is 0.370 e. The Labute approximate surface area is 122 Å². The molecule has 1 saturated heterocycles. The molecule has 8 heteroatoms. The van der Waals surface area contributed by atoms with Crippen LogP contribution in [0.3, 0.4) is 0 Å². The van der Waals surface area contributed by atoms with E-state index in [1.54, 1.807) is 11.0 Å². The molecule has 0 radical (unpaired) electrons. The van der Waals surface area contributed by atoms with Crippen LogP contribution in [0.5, 0.6) is 0 Å². The molecule has 114 valence electrons. The number of anilines is 2. The first-order valence-corrected chi connectivity index (χ1v) is 6.96. The molecule has 0 aromatic carbocycles. The quantitative estimate of drug-likeness (QED) is 0.621. The van der Waals surface area contributed by atoms with Crippen molar-refractivity contribution in [3.63, 3.8) is 0 Å². The number of rotatable bonds is 5. The lowest BCUT2D eigenvalue weighted by molar-refractivity contribution is -0.384. The number of carbonyl (C=O) groups excluding carboxylic acids is 1. The van der Waals surface area contributed by atoms with Gasteiger partial charge in [0.05, 0.1) is 10.8 Å². The summed E-state index contributed by atoms with van der Waals surface area (Å²) in [7, 11) is 0. The fraction of sp³-hybridized carbons (Fsp3) is 0.538. The van der Waals surface area contributed by atoms with Gasteiger partial charge in [-0.25, -0.2) is 4.98 Å². The highest BCUT2D eigenvalue weighted by molar-refractivity contribution is 5.78. The van der Waals surface area contributed by atoms with Crippen molar-refractivity contribution in [2.45, 2.75) is 19.8 Å². The summed E-state index contributed by atoms with van der Waals surface area (Å²) in [5.41, 5.74) is 5.30. The third-order valence-corrected chi connectivity index (χ3v) is 3.53. The van der Waals surface area contributed by atoms with Gasteiger partial charge in [0.15, 0.2) is 0 Å². The van der Waals surface area contributed by atoms with Crippen LogP contribution in [0.15, 0.2) is 12.1 Å². The summed E-state index contributed by atoms with van der Waals surface area (Å²) < 4.78 is 0. The van der Waals surface area contributed by atoms with Gasteiger partial charge in [0.25, 0.3) is 0 Å². The minimum Gasteiger partial charge on any atom is -0.370 e. The summed E-state index contributed by atoms with van der Waals surface area (Å²) in [6, 6.07) is 3.02.